The number of carbonyl (C=O) groups is 1. The number of hydrogen-bond donors (Lipinski definition) is 2. The van der Waals surface area contributed by atoms with Crippen LogP contribution in [0.15, 0.2) is 12.5 Å². The predicted molar refractivity (Wildman–Crippen MR) is 77.9 cm³/mol. The monoisotopic (exact) mass is 289 g/mol. The second kappa shape index (κ2) is 4.98. The molecule has 2 unspecified atom stereocenters. The standard InChI is InChI=1S/C14H19N5O2/c1-14(13(20)21)6-4-3-5-10(14)18-11-9-7-17-19(2)12(9)16-8-15-11/h7-8,10H,3-6H2,1-2H3,(H,20,21)(H,15,16,18). The molecule has 0 aliphatic heterocycles. The molecule has 0 radical (unpaired) electrons. The minimum Gasteiger partial charge on any atom is -0.481 e. The van der Waals surface area contributed by atoms with Crippen LogP contribution < -0.4 is 5.32 Å². The van der Waals surface area contributed by atoms with E-state index in [4.69, 9.17) is 0 Å². The Bertz CT molecular complexity index is 683. The molecule has 112 valence electrons. The van der Waals surface area contributed by atoms with Gasteiger partial charge in [0, 0.05) is 13.1 Å². The minimum atomic E-state index is -0.766. The molecule has 1 saturated carbocycles. The van der Waals surface area contributed by atoms with Gasteiger partial charge in [0.1, 0.15) is 12.1 Å². The van der Waals surface area contributed by atoms with Crippen molar-refractivity contribution in [3.63, 3.8) is 0 Å². The number of anilines is 1. The van der Waals surface area contributed by atoms with Crippen LogP contribution in [0.2, 0.25) is 0 Å². The summed E-state index contributed by atoms with van der Waals surface area (Å²) in [5.74, 6) is -0.0938. The number of nitrogens with zero attached hydrogens (tertiary/aromatic N) is 4. The predicted octanol–water partition coefficient (Wildman–Crippen LogP) is 1.81. The molecule has 2 N–H and O–H groups in total. The zero-order valence-corrected chi connectivity index (χ0v) is 12.2. The van der Waals surface area contributed by atoms with E-state index in [-0.39, 0.29) is 6.04 Å². The fourth-order valence-electron chi connectivity index (χ4n) is 3.06. The van der Waals surface area contributed by atoms with Crippen LogP contribution in [0.3, 0.4) is 0 Å². The normalized spacial score (nSPS) is 25.9. The van der Waals surface area contributed by atoms with Gasteiger partial charge in [-0.25, -0.2) is 9.97 Å². The molecule has 1 aliphatic carbocycles. The maximum Gasteiger partial charge on any atom is 0.311 e. The van der Waals surface area contributed by atoms with Crippen molar-refractivity contribution in [2.24, 2.45) is 12.5 Å². The maximum absolute atomic E-state index is 11.7. The van der Waals surface area contributed by atoms with Crippen molar-refractivity contribution >= 4 is 22.8 Å². The quantitative estimate of drug-likeness (QED) is 0.895. The van der Waals surface area contributed by atoms with Gasteiger partial charge in [0.2, 0.25) is 0 Å². The lowest BCUT2D eigenvalue weighted by molar-refractivity contribution is -0.150. The molecular weight excluding hydrogens is 270 g/mol. The molecule has 2 aromatic heterocycles. The molecule has 0 amide bonds. The van der Waals surface area contributed by atoms with Crippen LogP contribution in [0, 0.1) is 5.41 Å². The molecule has 1 aliphatic rings. The number of carboxylic acid groups (broad SMARTS) is 1. The van der Waals surface area contributed by atoms with E-state index in [1.54, 1.807) is 10.9 Å². The zero-order chi connectivity index (χ0) is 15.0. The lowest BCUT2D eigenvalue weighted by atomic mass is 9.71. The van der Waals surface area contributed by atoms with Crippen molar-refractivity contribution in [3.05, 3.63) is 12.5 Å². The molecule has 7 nitrogen and oxygen atoms in total. The average Bonchev–Trinajstić information content (AvgIpc) is 2.84. The molecule has 3 rings (SSSR count). The second-order valence-electron chi connectivity index (χ2n) is 5.89. The molecular formula is C14H19N5O2. The van der Waals surface area contributed by atoms with Crippen LogP contribution >= 0.6 is 0 Å². The summed E-state index contributed by atoms with van der Waals surface area (Å²) in [4.78, 5) is 20.1. The Hall–Kier alpha value is -2.18. The fourth-order valence-corrected chi connectivity index (χ4v) is 3.06. The first-order valence-corrected chi connectivity index (χ1v) is 7.15. The third-order valence-corrected chi connectivity index (χ3v) is 4.54. The molecule has 0 saturated heterocycles. The zero-order valence-electron chi connectivity index (χ0n) is 12.2. The van der Waals surface area contributed by atoms with Gasteiger partial charge < -0.3 is 10.4 Å². The van der Waals surface area contributed by atoms with E-state index in [0.29, 0.717) is 12.2 Å². The topological polar surface area (TPSA) is 92.9 Å². The van der Waals surface area contributed by atoms with Crippen molar-refractivity contribution in [2.75, 3.05) is 5.32 Å². The molecule has 2 heterocycles. The van der Waals surface area contributed by atoms with Crippen LogP contribution in [0.4, 0.5) is 5.82 Å². The van der Waals surface area contributed by atoms with E-state index in [1.165, 1.54) is 6.33 Å². The summed E-state index contributed by atoms with van der Waals surface area (Å²) in [6.45, 7) is 1.81. The molecule has 1 fully saturated rings. The first-order chi connectivity index (χ1) is 10.0. The number of aliphatic carboxylic acids is 1. The van der Waals surface area contributed by atoms with Gasteiger partial charge in [0.05, 0.1) is 17.0 Å². The molecule has 2 atom stereocenters. The number of aromatic nitrogens is 4. The van der Waals surface area contributed by atoms with Crippen molar-refractivity contribution in [3.8, 4) is 0 Å². The SMILES string of the molecule is Cn1ncc2c(NC3CCCCC3(C)C(=O)O)ncnc21. The summed E-state index contributed by atoms with van der Waals surface area (Å²) in [7, 11) is 1.82. The Morgan fingerprint density at radius 1 is 1.48 bits per heavy atom. The van der Waals surface area contributed by atoms with Gasteiger partial charge in [0.25, 0.3) is 0 Å². The smallest absolute Gasteiger partial charge is 0.311 e. The van der Waals surface area contributed by atoms with Gasteiger partial charge >= 0.3 is 5.97 Å². The van der Waals surface area contributed by atoms with Crippen LogP contribution in [0.1, 0.15) is 32.6 Å². The fraction of sp³-hybridized carbons (Fsp3) is 0.571. The molecule has 2 aromatic rings. The van der Waals surface area contributed by atoms with Gasteiger partial charge in [-0.1, -0.05) is 12.8 Å². The Kier molecular flexibility index (Phi) is 3.27. The van der Waals surface area contributed by atoms with E-state index >= 15 is 0 Å². The van der Waals surface area contributed by atoms with Crippen molar-refractivity contribution in [2.45, 2.75) is 38.6 Å². The summed E-state index contributed by atoms with van der Waals surface area (Å²) in [5.41, 5.74) is -0.0297. The Labute approximate surface area is 122 Å². The number of aryl methyl sites for hydroxylation is 1. The Morgan fingerprint density at radius 2 is 2.29 bits per heavy atom. The summed E-state index contributed by atoms with van der Waals surface area (Å²) in [6, 6.07) is -0.137. The summed E-state index contributed by atoms with van der Waals surface area (Å²) < 4.78 is 1.68. The third kappa shape index (κ3) is 2.22. The van der Waals surface area contributed by atoms with E-state index in [1.807, 2.05) is 14.0 Å². The average molecular weight is 289 g/mol. The number of nitrogens with one attached hydrogen (secondary N) is 1. The molecule has 0 bridgehead atoms. The first kappa shape index (κ1) is 13.8. The third-order valence-electron chi connectivity index (χ3n) is 4.54. The molecule has 0 spiro atoms. The van der Waals surface area contributed by atoms with Crippen LogP contribution in [-0.4, -0.2) is 36.9 Å². The van der Waals surface area contributed by atoms with Gasteiger partial charge in [-0.15, -0.1) is 0 Å². The number of rotatable bonds is 3. The summed E-state index contributed by atoms with van der Waals surface area (Å²) in [5, 5.41) is 17.9. The molecule has 21 heavy (non-hydrogen) atoms. The minimum absolute atomic E-state index is 0.137. The van der Waals surface area contributed by atoms with Crippen LogP contribution in [0.25, 0.3) is 11.0 Å². The van der Waals surface area contributed by atoms with Crippen LogP contribution in [-0.2, 0) is 11.8 Å². The van der Waals surface area contributed by atoms with Gasteiger partial charge in [0.15, 0.2) is 5.65 Å². The summed E-state index contributed by atoms with van der Waals surface area (Å²) >= 11 is 0. The molecule has 0 aromatic carbocycles. The Morgan fingerprint density at radius 3 is 3.05 bits per heavy atom. The van der Waals surface area contributed by atoms with Crippen LogP contribution in [0.5, 0.6) is 0 Å². The lowest BCUT2D eigenvalue weighted by Gasteiger charge is -2.38. The first-order valence-electron chi connectivity index (χ1n) is 7.15. The number of carboxylic acids is 1. The highest BCUT2D eigenvalue weighted by Gasteiger charge is 2.43. The van der Waals surface area contributed by atoms with E-state index in [2.05, 4.69) is 20.4 Å². The largest absolute Gasteiger partial charge is 0.481 e. The number of fused-ring (bicyclic) bond motifs is 1. The molecule has 7 heteroatoms. The van der Waals surface area contributed by atoms with E-state index in [0.717, 1.165) is 30.3 Å². The van der Waals surface area contributed by atoms with Gasteiger partial charge in [-0.3, -0.25) is 9.48 Å². The van der Waals surface area contributed by atoms with Gasteiger partial charge in [-0.2, -0.15) is 5.10 Å². The highest BCUT2D eigenvalue weighted by molar-refractivity contribution is 5.86. The van der Waals surface area contributed by atoms with E-state index in [9.17, 15) is 9.90 Å². The summed E-state index contributed by atoms with van der Waals surface area (Å²) in [6.07, 6.45) is 6.68. The van der Waals surface area contributed by atoms with Gasteiger partial charge in [-0.05, 0) is 19.8 Å². The maximum atomic E-state index is 11.7. The van der Waals surface area contributed by atoms with Crippen molar-refractivity contribution in [1.29, 1.82) is 0 Å². The van der Waals surface area contributed by atoms with Crippen molar-refractivity contribution < 1.29 is 9.90 Å². The Balaban J connectivity index is 1.95. The highest BCUT2D eigenvalue weighted by atomic mass is 16.4. The van der Waals surface area contributed by atoms with Crippen molar-refractivity contribution in [1.82, 2.24) is 19.7 Å². The highest BCUT2D eigenvalue weighted by Crippen LogP contribution is 2.38. The number of hydrogen-bond acceptors (Lipinski definition) is 5. The lowest BCUT2D eigenvalue weighted by Crippen LogP contribution is -2.46. The van der Waals surface area contributed by atoms with E-state index < -0.39 is 11.4 Å². The second-order valence-corrected chi connectivity index (χ2v) is 5.89.